The Hall–Kier alpha value is -2.49. The highest BCUT2D eigenvalue weighted by atomic mass is 16.5. The van der Waals surface area contributed by atoms with Crippen LogP contribution >= 0.6 is 0 Å². The molecule has 0 aliphatic heterocycles. The molecule has 2 heterocycles. The molecule has 0 unspecified atom stereocenters. The van der Waals surface area contributed by atoms with Crippen molar-refractivity contribution in [1.29, 1.82) is 0 Å². The minimum Gasteiger partial charge on any atom is -0.497 e. The number of ether oxygens (including phenoxy) is 2. The quantitative estimate of drug-likeness (QED) is 0.723. The van der Waals surface area contributed by atoms with Crippen LogP contribution in [0, 0.1) is 0 Å². The minimum atomic E-state index is 0.807. The van der Waals surface area contributed by atoms with Crippen molar-refractivity contribution in [2.75, 3.05) is 14.2 Å². The van der Waals surface area contributed by atoms with Crippen LogP contribution in [0.1, 0.15) is 11.3 Å². The van der Waals surface area contributed by atoms with Gasteiger partial charge >= 0.3 is 0 Å². The first-order valence-corrected chi connectivity index (χ1v) is 7.03. The first kappa shape index (κ1) is 12.3. The lowest BCUT2D eigenvalue weighted by Gasteiger charge is -2.16. The van der Waals surface area contributed by atoms with Crippen molar-refractivity contribution in [3.05, 3.63) is 47.8 Å². The number of methoxy groups -OCH3 is 2. The molecule has 2 aromatic heterocycles. The molecule has 0 bridgehead atoms. The van der Waals surface area contributed by atoms with Crippen molar-refractivity contribution in [1.82, 2.24) is 9.38 Å². The van der Waals surface area contributed by atoms with Gasteiger partial charge in [-0.1, -0.05) is 0 Å². The highest BCUT2D eigenvalue weighted by Gasteiger charge is 2.23. The number of hydrogen-bond donors (Lipinski definition) is 0. The summed E-state index contributed by atoms with van der Waals surface area (Å²) in [4.78, 5) is 4.82. The number of imidazole rings is 1. The first-order valence-electron chi connectivity index (χ1n) is 7.03. The highest BCUT2D eigenvalue weighted by Crippen LogP contribution is 2.36. The van der Waals surface area contributed by atoms with Gasteiger partial charge in [-0.2, -0.15) is 0 Å². The maximum atomic E-state index is 5.43. The van der Waals surface area contributed by atoms with Crippen molar-refractivity contribution in [3.63, 3.8) is 0 Å². The number of aryl methyl sites for hydroxylation is 2. The Bertz CT molecular complexity index is 836. The number of rotatable bonds is 2. The Labute approximate surface area is 123 Å². The Morgan fingerprint density at radius 3 is 2.81 bits per heavy atom. The highest BCUT2D eigenvalue weighted by molar-refractivity contribution is 5.74. The zero-order valence-corrected chi connectivity index (χ0v) is 12.1. The second-order valence-electron chi connectivity index (χ2n) is 5.20. The number of fused-ring (bicyclic) bond motifs is 5. The average molecular weight is 280 g/mol. The number of aromatic nitrogens is 2. The van der Waals surface area contributed by atoms with Crippen molar-refractivity contribution >= 4 is 5.65 Å². The summed E-state index contributed by atoms with van der Waals surface area (Å²) in [6.07, 6.45) is 4.03. The largest absolute Gasteiger partial charge is 0.497 e. The Balaban J connectivity index is 1.98. The standard InChI is InChI=1S/C17H16N2O2/c1-20-12-6-7-13-11(10-12)5-8-14-16(13)18-17-15(21-2)4-3-9-19(14)17/h3-4,6-7,9-10H,5,8H2,1-2H3. The van der Waals surface area contributed by atoms with Gasteiger partial charge in [0.05, 0.1) is 25.6 Å². The Morgan fingerprint density at radius 2 is 2.00 bits per heavy atom. The fourth-order valence-corrected chi connectivity index (χ4v) is 3.09. The molecule has 4 heteroatoms. The molecule has 0 spiro atoms. The molecule has 0 radical (unpaired) electrons. The van der Waals surface area contributed by atoms with E-state index >= 15 is 0 Å². The summed E-state index contributed by atoms with van der Waals surface area (Å²) in [6.45, 7) is 0. The summed E-state index contributed by atoms with van der Waals surface area (Å²) in [5, 5.41) is 0. The van der Waals surface area contributed by atoms with Gasteiger partial charge in [0.1, 0.15) is 5.75 Å². The van der Waals surface area contributed by atoms with Gasteiger partial charge in [-0.3, -0.25) is 0 Å². The molecule has 0 atom stereocenters. The van der Waals surface area contributed by atoms with Gasteiger partial charge in [-0.15, -0.1) is 0 Å². The van der Waals surface area contributed by atoms with Crippen LogP contribution in [0.4, 0.5) is 0 Å². The molecular formula is C17H16N2O2. The maximum absolute atomic E-state index is 5.43. The second-order valence-corrected chi connectivity index (χ2v) is 5.20. The lowest BCUT2D eigenvalue weighted by Crippen LogP contribution is -2.05. The molecule has 0 saturated carbocycles. The van der Waals surface area contributed by atoms with E-state index in [2.05, 4.69) is 22.7 Å². The summed E-state index contributed by atoms with van der Waals surface area (Å²) < 4.78 is 12.9. The van der Waals surface area contributed by atoms with Gasteiger partial charge in [-0.05, 0) is 48.7 Å². The summed E-state index contributed by atoms with van der Waals surface area (Å²) >= 11 is 0. The van der Waals surface area contributed by atoms with Gasteiger partial charge in [0.2, 0.25) is 0 Å². The molecule has 3 aromatic rings. The Kier molecular flexibility index (Phi) is 2.64. The fraction of sp³-hybridized carbons (Fsp3) is 0.235. The molecule has 0 saturated heterocycles. The van der Waals surface area contributed by atoms with Crippen LogP contribution in [-0.4, -0.2) is 23.6 Å². The molecule has 1 aliphatic carbocycles. The van der Waals surface area contributed by atoms with Crippen LogP contribution in [0.3, 0.4) is 0 Å². The van der Waals surface area contributed by atoms with Crippen molar-refractivity contribution < 1.29 is 9.47 Å². The number of hydrogen-bond acceptors (Lipinski definition) is 3. The van der Waals surface area contributed by atoms with Crippen LogP contribution in [0.15, 0.2) is 36.5 Å². The van der Waals surface area contributed by atoms with E-state index in [9.17, 15) is 0 Å². The molecular weight excluding hydrogens is 264 g/mol. The van der Waals surface area contributed by atoms with E-state index in [0.29, 0.717) is 0 Å². The minimum absolute atomic E-state index is 0.807. The number of pyridine rings is 1. The van der Waals surface area contributed by atoms with Crippen LogP contribution in [0.25, 0.3) is 16.9 Å². The van der Waals surface area contributed by atoms with Gasteiger partial charge < -0.3 is 13.9 Å². The van der Waals surface area contributed by atoms with E-state index in [4.69, 9.17) is 14.5 Å². The summed E-state index contributed by atoms with van der Waals surface area (Å²) in [6, 6.07) is 10.2. The first-order chi connectivity index (χ1) is 10.3. The summed E-state index contributed by atoms with van der Waals surface area (Å²) in [5.41, 5.74) is 5.69. The average Bonchev–Trinajstić information content (AvgIpc) is 2.93. The maximum Gasteiger partial charge on any atom is 0.180 e. The molecule has 1 aromatic carbocycles. The zero-order valence-electron chi connectivity index (χ0n) is 12.1. The smallest absolute Gasteiger partial charge is 0.180 e. The summed E-state index contributed by atoms with van der Waals surface area (Å²) in [7, 11) is 3.38. The zero-order chi connectivity index (χ0) is 14.4. The van der Waals surface area contributed by atoms with Crippen LogP contribution in [0.5, 0.6) is 11.5 Å². The third-order valence-electron chi connectivity index (χ3n) is 4.13. The van der Waals surface area contributed by atoms with Gasteiger partial charge in [0.15, 0.2) is 11.4 Å². The lowest BCUT2D eigenvalue weighted by atomic mass is 9.92. The molecule has 0 amide bonds. The van der Waals surface area contributed by atoms with Crippen molar-refractivity contribution in [2.24, 2.45) is 0 Å². The predicted octanol–water partition coefficient (Wildman–Crippen LogP) is 3.12. The van der Waals surface area contributed by atoms with Crippen LogP contribution < -0.4 is 9.47 Å². The summed E-state index contributed by atoms with van der Waals surface area (Å²) in [5.74, 6) is 1.71. The third-order valence-corrected chi connectivity index (χ3v) is 4.13. The molecule has 1 aliphatic rings. The van der Waals surface area contributed by atoms with E-state index in [1.807, 2.05) is 18.2 Å². The SMILES string of the molecule is COc1ccc2c(c1)CCc1c-2nc2c(OC)cccn12. The molecule has 106 valence electrons. The monoisotopic (exact) mass is 280 g/mol. The van der Waals surface area contributed by atoms with Crippen LogP contribution in [-0.2, 0) is 12.8 Å². The van der Waals surface area contributed by atoms with Gasteiger partial charge in [-0.25, -0.2) is 4.98 Å². The van der Waals surface area contributed by atoms with Gasteiger partial charge in [0, 0.05) is 11.8 Å². The second kappa shape index (κ2) is 4.52. The molecule has 0 fully saturated rings. The van der Waals surface area contributed by atoms with Crippen molar-refractivity contribution in [3.8, 4) is 22.8 Å². The van der Waals surface area contributed by atoms with E-state index in [-0.39, 0.29) is 0 Å². The normalized spacial score (nSPS) is 12.9. The van der Waals surface area contributed by atoms with Gasteiger partial charge in [0.25, 0.3) is 0 Å². The van der Waals surface area contributed by atoms with E-state index in [0.717, 1.165) is 35.7 Å². The molecule has 21 heavy (non-hydrogen) atoms. The van der Waals surface area contributed by atoms with E-state index in [1.54, 1.807) is 14.2 Å². The number of benzene rings is 1. The predicted molar refractivity (Wildman–Crippen MR) is 81.1 cm³/mol. The molecule has 4 rings (SSSR count). The van der Waals surface area contributed by atoms with Crippen LogP contribution in [0.2, 0.25) is 0 Å². The fourth-order valence-electron chi connectivity index (χ4n) is 3.09. The van der Waals surface area contributed by atoms with Crippen molar-refractivity contribution in [2.45, 2.75) is 12.8 Å². The topological polar surface area (TPSA) is 35.8 Å². The molecule has 4 nitrogen and oxygen atoms in total. The molecule has 0 N–H and O–H groups in total. The Morgan fingerprint density at radius 1 is 1.10 bits per heavy atom. The number of nitrogens with zero attached hydrogens (tertiary/aromatic N) is 2. The van der Waals surface area contributed by atoms with E-state index in [1.165, 1.54) is 16.8 Å². The third kappa shape index (κ3) is 1.72. The lowest BCUT2D eigenvalue weighted by molar-refractivity contribution is 0.414. The van der Waals surface area contributed by atoms with E-state index < -0.39 is 0 Å².